The van der Waals surface area contributed by atoms with E-state index in [0.29, 0.717) is 6.54 Å². The van der Waals surface area contributed by atoms with Gasteiger partial charge in [-0.25, -0.2) is 9.98 Å². The third-order valence-electron chi connectivity index (χ3n) is 3.44. The molecular formula is C17H21N5S. The lowest BCUT2D eigenvalue weighted by Gasteiger charge is -2.10. The number of hydrogen-bond donors (Lipinski definition) is 2. The summed E-state index contributed by atoms with van der Waals surface area (Å²) in [5, 5.41) is 8.68. The van der Waals surface area contributed by atoms with E-state index in [1.165, 1.54) is 5.56 Å². The Bertz CT molecular complexity index is 731. The Morgan fingerprint density at radius 3 is 2.91 bits per heavy atom. The van der Waals surface area contributed by atoms with Crippen molar-refractivity contribution in [2.24, 2.45) is 4.99 Å². The lowest BCUT2D eigenvalue weighted by molar-refractivity contribution is 0.797. The molecule has 3 aromatic rings. The zero-order valence-electron chi connectivity index (χ0n) is 13.2. The van der Waals surface area contributed by atoms with E-state index >= 15 is 0 Å². The molecule has 3 rings (SSSR count). The second-order valence-corrected chi connectivity index (χ2v) is 6.06. The number of aromatic nitrogens is 2. The second kappa shape index (κ2) is 7.78. The third-order valence-corrected chi connectivity index (χ3v) is 4.21. The summed E-state index contributed by atoms with van der Waals surface area (Å²) in [6, 6.07) is 10.5. The highest BCUT2D eigenvalue weighted by molar-refractivity contribution is 7.15. The maximum absolute atomic E-state index is 4.61. The average Bonchev–Trinajstić information content (AvgIpc) is 3.15. The summed E-state index contributed by atoms with van der Waals surface area (Å²) in [7, 11) is 0. The van der Waals surface area contributed by atoms with Gasteiger partial charge in [0.05, 0.1) is 12.2 Å². The molecular weight excluding hydrogens is 306 g/mol. The Balaban J connectivity index is 1.55. The van der Waals surface area contributed by atoms with Gasteiger partial charge in [0.1, 0.15) is 0 Å². The van der Waals surface area contributed by atoms with E-state index in [1.807, 2.05) is 28.2 Å². The first-order valence-corrected chi connectivity index (χ1v) is 8.70. The normalized spacial score (nSPS) is 11.8. The van der Waals surface area contributed by atoms with E-state index in [1.54, 1.807) is 11.3 Å². The van der Waals surface area contributed by atoms with Crippen molar-refractivity contribution in [3.63, 3.8) is 0 Å². The van der Waals surface area contributed by atoms with Gasteiger partial charge < -0.3 is 10.6 Å². The molecule has 0 amide bonds. The highest BCUT2D eigenvalue weighted by Crippen LogP contribution is 2.11. The fourth-order valence-electron chi connectivity index (χ4n) is 2.32. The van der Waals surface area contributed by atoms with Crippen LogP contribution in [0.2, 0.25) is 0 Å². The maximum Gasteiger partial charge on any atom is 0.193 e. The topological polar surface area (TPSA) is 53.7 Å². The first-order chi connectivity index (χ1) is 11.3. The summed E-state index contributed by atoms with van der Waals surface area (Å²) < 4.78 is 2.03. The van der Waals surface area contributed by atoms with Crippen molar-refractivity contribution in [1.82, 2.24) is 20.0 Å². The van der Waals surface area contributed by atoms with Gasteiger partial charge in [0.15, 0.2) is 10.9 Å². The van der Waals surface area contributed by atoms with Crippen LogP contribution in [-0.4, -0.2) is 28.4 Å². The Hall–Kier alpha value is -2.34. The van der Waals surface area contributed by atoms with E-state index in [9.17, 15) is 0 Å². The fraction of sp³-hybridized carbons (Fsp3) is 0.294. The molecule has 0 atom stereocenters. The van der Waals surface area contributed by atoms with Gasteiger partial charge in [-0.05, 0) is 18.9 Å². The minimum absolute atomic E-state index is 0.578. The molecule has 0 saturated heterocycles. The van der Waals surface area contributed by atoms with E-state index in [0.717, 1.165) is 36.1 Å². The molecule has 0 unspecified atom stereocenters. The van der Waals surface area contributed by atoms with Crippen molar-refractivity contribution >= 4 is 22.3 Å². The lowest BCUT2D eigenvalue weighted by atomic mass is 10.1. The number of fused-ring (bicyclic) bond motifs is 1. The average molecular weight is 327 g/mol. The Labute approximate surface area is 140 Å². The highest BCUT2D eigenvalue weighted by atomic mass is 32.1. The quantitative estimate of drug-likeness (QED) is 0.541. The van der Waals surface area contributed by atoms with Gasteiger partial charge in [0.2, 0.25) is 0 Å². The van der Waals surface area contributed by atoms with E-state index in [2.05, 4.69) is 51.8 Å². The number of nitrogens with one attached hydrogen (secondary N) is 2. The number of benzene rings is 1. The van der Waals surface area contributed by atoms with Crippen LogP contribution in [0.4, 0.5) is 0 Å². The van der Waals surface area contributed by atoms with Crippen LogP contribution in [0.5, 0.6) is 0 Å². The van der Waals surface area contributed by atoms with Crippen molar-refractivity contribution in [1.29, 1.82) is 0 Å². The molecule has 2 N–H and O–H groups in total. The molecule has 6 heteroatoms. The van der Waals surface area contributed by atoms with Crippen molar-refractivity contribution in [2.75, 3.05) is 13.1 Å². The van der Waals surface area contributed by atoms with Crippen LogP contribution in [0, 0.1) is 0 Å². The molecule has 5 nitrogen and oxygen atoms in total. The minimum atomic E-state index is 0.578. The maximum atomic E-state index is 4.61. The SMILES string of the molecule is CCNC(=NCc1cn2ccsc2n1)NCCc1ccccc1. The van der Waals surface area contributed by atoms with Gasteiger partial charge in [-0.15, -0.1) is 11.3 Å². The molecule has 0 bridgehead atoms. The largest absolute Gasteiger partial charge is 0.357 e. The molecule has 0 saturated carbocycles. The number of aliphatic imine (C=N–C) groups is 1. The molecule has 0 fully saturated rings. The van der Waals surface area contributed by atoms with Gasteiger partial charge in [0, 0.05) is 30.9 Å². The molecule has 120 valence electrons. The number of imidazole rings is 1. The van der Waals surface area contributed by atoms with E-state index in [-0.39, 0.29) is 0 Å². The monoisotopic (exact) mass is 327 g/mol. The summed E-state index contributed by atoms with van der Waals surface area (Å²) in [5.74, 6) is 0.833. The van der Waals surface area contributed by atoms with Gasteiger partial charge in [-0.2, -0.15) is 0 Å². The Kier molecular flexibility index (Phi) is 5.26. The molecule has 0 aliphatic carbocycles. The molecule has 1 aromatic carbocycles. The van der Waals surface area contributed by atoms with Crippen LogP contribution in [-0.2, 0) is 13.0 Å². The standard InChI is InChI=1S/C17H21N5S/c1-2-18-16(19-9-8-14-6-4-3-5-7-14)20-12-15-13-22-10-11-23-17(22)21-15/h3-7,10-11,13H,2,8-9,12H2,1H3,(H2,18,19,20). The van der Waals surface area contributed by atoms with Crippen LogP contribution in [0.1, 0.15) is 18.2 Å². The molecule has 23 heavy (non-hydrogen) atoms. The first-order valence-electron chi connectivity index (χ1n) is 7.82. The summed E-state index contributed by atoms with van der Waals surface area (Å²) in [6.45, 7) is 4.35. The van der Waals surface area contributed by atoms with Gasteiger partial charge in [-0.3, -0.25) is 4.40 Å². The second-order valence-electron chi connectivity index (χ2n) is 5.18. The predicted molar refractivity (Wildman–Crippen MR) is 96.0 cm³/mol. The summed E-state index contributed by atoms with van der Waals surface area (Å²) in [4.78, 5) is 10.2. The van der Waals surface area contributed by atoms with Crippen molar-refractivity contribution < 1.29 is 0 Å². The number of nitrogens with zero attached hydrogens (tertiary/aromatic N) is 3. The molecule has 0 radical (unpaired) electrons. The molecule has 0 aliphatic heterocycles. The minimum Gasteiger partial charge on any atom is -0.357 e. The summed E-state index contributed by atoms with van der Waals surface area (Å²) in [5.41, 5.74) is 2.31. The fourth-order valence-corrected chi connectivity index (χ4v) is 3.04. The number of hydrogen-bond acceptors (Lipinski definition) is 3. The van der Waals surface area contributed by atoms with Gasteiger partial charge in [-0.1, -0.05) is 30.3 Å². The van der Waals surface area contributed by atoms with Crippen LogP contribution in [0.3, 0.4) is 0 Å². The lowest BCUT2D eigenvalue weighted by Crippen LogP contribution is -2.38. The van der Waals surface area contributed by atoms with Crippen molar-refractivity contribution in [3.8, 4) is 0 Å². The molecule has 0 spiro atoms. The zero-order chi connectivity index (χ0) is 15.9. The summed E-state index contributed by atoms with van der Waals surface area (Å²) in [6.07, 6.45) is 5.03. The number of thiazole rings is 1. The zero-order valence-corrected chi connectivity index (χ0v) is 14.0. The highest BCUT2D eigenvalue weighted by Gasteiger charge is 2.03. The van der Waals surface area contributed by atoms with Crippen LogP contribution in [0.15, 0.2) is 53.1 Å². The van der Waals surface area contributed by atoms with Crippen LogP contribution < -0.4 is 10.6 Å². The van der Waals surface area contributed by atoms with Gasteiger partial charge >= 0.3 is 0 Å². The van der Waals surface area contributed by atoms with E-state index < -0.39 is 0 Å². The number of guanidine groups is 1. The third kappa shape index (κ3) is 4.32. The smallest absolute Gasteiger partial charge is 0.193 e. The first kappa shape index (κ1) is 15.6. The van der Waals surface area contributed by atoms with Crippen molar-refractivity contribution in [2.45, 2.75) is 19.9 Å². The molecule has 2 heterocycles. The van der Waals surface area contributed by atoms with Gasteiger partial charge in [0.25, 0.3) is 0 Å². The molecule has 0 aliphatic rings. The summed E-state index contributed by atoms with van der Waals surface area (Å²) >= 11 is 1.64. The Morgan fingerprint density at radius 1 is 1.26 bits per heavy atom. The van der Waals surface area contributed by atoms with Crippen LogP contribution in [0.25, 0.3) is 4.96 Å². The Morgan fingerprint density at radius 2 is 2.13 bits per heavy atom. The molecule has 2 aromatic heterocycles. The predicted octanol–water partition coefficient (Wildman–Crippen LogP) is 2.69. The van der Waals surface area contributed by atoms with E-state index in [4.69, 9.17) is 0 Å². The number of rotatable bonds is 6. The van der Waals surface area contributed by atoms with Crippen LogP contribution >= 0.6 is 11.3 Å². The van der Waals surface area contributed by atoms with Crippen molar-refractivity contribution in [3.05, 3.63) is 59.4 Å².